The third-order valence-corrected chi connectivity index (χ3v) is 4.71. The fraction of sp³-hybridized carbons (Fsp3) is 0.706. The molecule has 1 atom stereocenters. The van der Waals surface area contributed by atoms with Crippen LogP contribution in [0.3, 0.4) is 0 Å². The summed E-state index contributed by atoms with van der Waals surface area (Å²) in [6.45, 7) is 6.06. The van der Waals surface area contributed by atoms with E-state index in [0.29, 0.717) is 19.8 Å². The van der Waals surface area contributed by atoms with Crippen LogP contribution in [0.1, 0.15) is 36.8 Å². The molecule has 1 aromatic rings. The highest BCUT2D eigenvalue weighted by Crippen LogP contribution is 2.23. The average molecular weight is 333 g/mol. The lowest BCUT2D eigenvalue weighted by Gasteiger charge is -2.36. The SMILES string of the molecule is CNc1cc(C)nc(C2COCCN2CC(=O)N2CCCCC2)n1. The lowest BCUT2D eigenvalue weighted by Crippen LogP contribution is -2.48. The highest BCUT2D eigenvalue weighted by Gasteiger charge is 2.30. The number of morpholine rings is 1. The summed E-state index contributed by atoms with van der Waals surface area (Å²) in [5, 5.41) is 3.07. The molecule has 1 aromatic heterocycles. The van der Waals surface area contributed by atoms with Crippen molar-refractivity contribution in [2.75, 3.05) is 51.8 Å². The molecule has 2 saturated heterocycles. The van der Waals surface area contributed by atoms with Crippen LogP contribution in [0.15, 0.2) is 6.07 Å². The van der Waals surface area contributed by atoms with Crippen molar-refractivity contribution in [3.63, 3.8) is 0 Å². The Bertz CT molecular complexity index is 574. The van der Waals surface area contributed by atoms with Crippen LogP contribution in [0.25, 0.3) is 0 Å². The molecule has 3 heterocycles. The van der Waals surface area contributed by atoms with Crippen molar-refractivity contribution in [2.45, 2.75) is 32.2 Å². The average Bonchev–Trinajstić information content (AvgIpc) is 2.62. The van der Waals surface area contributed by atoms with Gasteiger partial charge < -0.3 is 15.0 Å². The first-order valence-corrected chi connectivity index (χ1v) is 8.80. The number of nitrogens with one attached hydrogen (secondary N) is 1. The summed E-state index contributed by atoms with van der Waals surface area (Å²) in [5.74, 6) is 1.74. The Balaban J connectivity index is 1.73. The Morgan fingerprint density at radius 3 is 2.83 bits per heavy atom. The first kappa shape index (κ1) is 17.1. The monoisotopic (exact) mass is 333 g/mol. The number of carbonyl (C=O) groups excluding carboxylic acids is 1. The molecular weight excluding hydrogens is 306 g/mol. The first-order valence-electron chi connectivity index (χ1n) is 8.80. The molecule has 0 aliphatic carbocycles. The predicted octanol–water partition coefficient (Wildman–Crippen LogP) is 1.21. The van der Waals surface area contributed by atoms with Gasteiger partial charge in [-0.1, -0.05) is 0 Å². The number of rotatable bonds is 4. The number of aryl methyl sites for hydroxylation is 1. The second-order valence-corrected chi connectivity index (χ2v) is 6.51. The predicted molar refractivity (Wildman–Crippen MR) is 91.9 cm³/mol. The van der Waals surface area contributed by atoms with E-state index in [1.54, 1.807) is 0 Å². The first-order chi connectivity index (χ1) is 11.7. The number of aromatic nitrogens is 2. The van der Waals surface area contributed by atoms with E-state index in [2.05, 4.69) is 20.2 Å². The quantitative estimate of drug-likeness (QED) is 0.893. The van der Waals surface area contributed by atoms with E-state index in [4.69, 9.17) is 4.74 Å². The zero-order chi connectivity index (χ0) is 16.9. The standard InChI is InChI=1S/C17H27N5O2/c1-13-10-15(18-2)20-17(19-13)14-12-24-9-8-22(14)11-16(23)21-6-4-3-5-7-21/h10,14H,3-9,11-12H2,1-2H3,(H,18,19,20). The fourth-order valence-electron chi connectivity index (χ4n) is 3.35. The molecule has 2 aliphatic heterocycles. The third-order valence-electron chi connectivity index (χ3n) is 4.71. The lowest BCUT2D eigenvalue weighted by atomic mass is 10.1. The van der Waals surface area contributed by atoms with Crippen molar-refractivity contribution in [3.8, 4) is 0 Å². The largest absolute Gasteiger partial charge is 0.378 e. The van der Waals surface area contributed by atoms with Gasteiger partial charge in [0.05, 0.1) is 25.8 Å². The van der Waals surface area contributed by atoms with Crippen molar-refractivity contribution in [1.29, 1.82) is 0 Å². The highest BCUT2D eigenvalue weighted by molar-refractivity contribution is 5.78. The molecule has 2 aliphatic rings. The zero-order valence-electron chi connectivity index (χ0n) is 14.6. The van der Waals surface area contributed by atoms with Crippen LogP contribution in [0.4, 0.5) is 5.82 Å². The van der Waals surface area contributed by atoms with E-state index in [1.165, 1.54) is 6.42 Å². The van der Waals surface area contributed by atoms with Crippen molar-refractivity contribution >= 4 is 11.7 Å². The van der Waals surface area contributed by atoms with Crippen molar-refractivity contribution in [2.24, 2.45) is 0 Å². The molecule has 0 bridgehead atoms. The van der Waals surface area contributed by atoms with Gasteiger partial charge in [0.1, 0.15) is 11.6 Å². The van der Waals surface area contributed by atoms with E-state index in [9.17, 15) is 4.79 Å². The Morgan fingerprint density at radius 1 is 1.29 bits per heavy atom. The summed E-state index contributed by atoms with van der Waals surface area (Å²) in [6.07, 6.45) is 3.46. The molecule has 0 radical (unpaired) electrons. The van der Waals surface area contributed by atoms with Gasteiger partial charge in [-0.3, -0.25) is 9.69 Å². The molecule has 1 N–H and O–H groups in total. The van der Waals surface area contributed by atoms with E-state index >= 15 is 0 Å². The maximum Gasteiger partial charge on any atom is 0.236 e. The second-order valence-electron chi connectivity index (χ2n) is 6.51. The molecule has 1 unspecified atom stereocenters. The summed E-state index contributed by atoms with van der Waals surface area (Å²) in [7, 11) is 1.85. The number of hydrogen-bond donors (Lipinski definition) is 1. The zero-order valence-corrected chi connectivity index (χ0v) is 14.6. The minimum atomic E-state index is -0.0699. The molecule has 132 valence electrons. The van der Waals surface area contributed by atoms with Gasteiger partial charge in [0.2, 0.25) is 5.91 Å². The van der Waals surface area contributed by atoms with Gasteiger partial charge in [0.15, 0.2) is 0 Å². The van der Waals surface area contributed by atoms with Crippen molar-refractivity contribution < 1.29 is 9.53 Å². The van der Waals surface area contributed by atoms with E-state index in [-0.39, 0.29) is 11.9 Å². The number of hydrogen-bond acceptors (Lipinski definition) is 6. The van der Waals surface area contributed by atoms with Crippen LogP contribution >= 0.6 is 0 Å². The number of ether oxygens (including phenoxy) is 1. The molecule has 3 rings (SSSR count). The molecule has 0 spiro atoms. The smallest absolute Gasteiger partial charge is 0.236 e. The number of anilines is 1. The van der Waals surface area contributed by atoms with E-state index in [0.717, 1.165) is 49.8 Å². The molecule has 7 nitrogen and oxygen atoms in total. The number of likely N-dealkylation sites (tertiary alicyclic amines) is 1. The van der Waals surface area contributed by atoms with Crippen LogP contribution in [0.2, 0.25) is 0 Å². The maximum atomic E-state index is 12.6. The minimum absolute atomic E-state index is 0.0699. The third kappa shape index (κ3) is 4.02. The second kappa shape index (κ2) is 7.90. The topological polar surface area (TPSA) is 70.6 Å². The van der Waals surface area contributed by atoms with Crippen LogP contribution in [-0.4, -0.2) is 72.1 Å². The van der Waals surface area contributed by atoms with Gasteiger partial charge in [0, 0.05) is 38.4 Å². The molecule has 24 heavy (non-hydrogen) atoms. The van der Waals surface area contributed by atoms with Crippen LogP contribution in [0, 0.1) is 6.92 Å². The number of amides is 1. The van der Waals surface area contributed by atoms with Crippen LogP contribution < -0.4 is 5.32 Å². The summed E-state index contributed by atoms with van der Waals surface area (Å²) in [6, 6.07) is 1.84. The van der Waals surface area contributed by atoms with Gasteiger partial charge in [-0.05, 0) is 26.2 Å². The van der Waals surface area contributed by atoms with E-state index < -0.39 is 0 Å². The van der Waals surface area contributed by atoms with Crippen LogP contribution in [-0.2, 0) is 9.53 Å². The fourth-order valence-corrected chi connectivity index (χ4v) is 3.35. The van der Waals surface area contributed by atoms with Crippen molar-refractivity contribution in [3.05, 3.63) is 17.6 Å². The van der Waals surface area contributed by atoms with Gasteiger partial charge >= 0.3 is 0 Å². The van der Waals surface area contributed by atoms with E-state index in [1.807, 2.05) is 24.9 Å². The number of carbonyl (C=O) groups is 1. The molecule has 0 aromatic carbocycles. The lowest BCUT2D eigenvalue weighted by molar-refractivity contribution is -0.135. The Kier molecular flexibility index (Phi) is 5.63. The van der Waals surface area contributed by atoms with Gasteiger partial charge in [-0.15, -0.1) is 0 Å². The Labute approximate surface area is 143 Å². The highest BCUT2D eigenvalue weighted by atomic mass is 16.5. The molecular formula is C17H27N5O2. The van der Waals surface area contributed by atoms with Gasteiger partial charge in [-0.25, -0.2) is 9.97 Å². The number of nitrogens with zero attached hydrogens (tertiary/aromatic N) is 4. The number of piperidine rings is 1. The summed E-state index contributed by atoms with van der Waals surface area (Å²) < 4.78 is 5.64. The Morgan fingerprint density at radius 2 is 2.08 bits per heavy atom. The Hall–Kier alpha value is -1.73. The molecule has 7 heteroatoms. The van der Waals surface area contributed by atoms with Crippen LogP contribution in [0.5, 0.6) is 0 Å². The maximum absolute atomic E-state index is 12.6. The summed E-state index contributed by atoms with van der Waals surface area (Å²) in [5.41, 5.74) is 0.914. The van der Waals surface area contributed by atoms with Crippen molar-refractivity contribution in [1.82, 2.24) is 19.8 Å². The van der Waals surface area contributed by atoms with Gasteiger partial charge in [0.25, 0.3) is 0 Å². The summed E-state index contributed by atoms with van der Waals surface area (Å²) in [4.78, 5) is 25.9. The minimum Gasteiger partial charge on any atom is -0.378 e. The molecule has 1 amide bonds. The molecule has 2 fully saturated rings. The summed E-state index contributed by atoms with van der Waals surface area (Å²) >= 11 is 0. The van der Waals surface area contributed by atoms with Gasteiger partial charge in [-0.2, -0.15) is 0 Å². The normalized spacial score (nSPS) is 22.4. The molecule has 0 saturated carbocycles.